The zero-order valence-corrected chi connectivity index (χ0v) is 7.63. The second-order valence-electron chi connectivity index (χ2n) is 3.20. The van der Waals surface area contributed by atoms with Crippen LogP contribution in [0.25, 0.3) is 0 Å². The molecule has 0 rings (SSSR count). The Labute approximate surface area is 68.9 Å². The summed E-state index contributed by atoms with van der Waals surface area (Å²) in [6, 6.07) is 0. The molecule has 0 aliphatic heterocycles. The minimum Gasteiger partial charge on any atom is -0.390 e. The van der Waals surface area contributed by atoms with Gasteiger partial charge in [0.25, 0.3) is 0 Å². The average Bonchev–Trinajstić information content (AvgIpc) is 1.82. The maximum absolute atomic E-state index is 9.28. The molecular formula is C9H18O2. The van der Waals surface area contributed by atoms with Crippen molar-refractivity contribution in [2.45, 2.75) is 39.4 Å². The van der Waals surface area contributed by atoms with E-state index in [2.05, 4.69) is 6.58 Å². The summed E-state index contributed by atoms with van der Waals surface area (Å²) in [6.07, 6.45) is 0.428. The molecule has 0 radical (unpaired) electrons. The molecule has 0 bridgehead atoms. The molecule has 1 unspecified atom stereocenters. The topological polar surface area (TPSA) is 29.5 Å². The first-order valence-corrected chi connectivity index (χ1v) is 3.96. The van der Waals surface area contributed by atoms with Crippen LogP contribution in [0, 0.1) is 0 Å². The Hall–Kier alpha value is -0.340. The molecule has 0 saturated heterocycles. The van der Waals surface area contributed by atoms with Gasteiger partial charge in [-0.3, -0.25) is 0 Å². The van der Waals surface area contributed by atoms with Crippen LogP contribution in [0.1, 0.15) is 27.2 Å². The summed E-state index contributed by atoms with van der Waals surface area (Å²) in [6.45, 7) is 9.92. The molecule has 0 aliphatic carbocycles. The van der Waals surface area contributed by atoms with Gasteiger partial charge in [0.1, 0.15) is 0 Å². The van der Waals surface area contributed by atoms with Crippen LogP contribution in [-0.4, -0.2) is 23.9 Å². The monoisotopic (exact) mass is 158 g/mol. The van der Waals surface area contributed by atoms with Gasteiger partial charge in [0.2, 0.25) is 0 Å². The molecule has 0 aliphatic rings. The number of ether oxygens (including phenoxy) is 1. The SMILES string of the molecule is C=C(C)CC(O)COC(C)C. The Bertz CT molecular complexity index is 119. The molecule has 2 nitrogen and oxygen atoms in total. The highest BCUT2D eigenvalue weighted by atomic mass is 16.5. The summed E-state index contributed by atoms with van der Waals surface area (Å²) in [4.78, 5) is 0. The molecule has 0 aromatic heterocycles. The van der Waals surface area contributed by atoms with Gasteiger partial charge in [-0.05, 0) is 27.2 Å². The first-order chi connectivity index (χ1) is 5.02. The summed E-state index contributed by atoms with van der Waals surface area (Å²) in [5.74, 6) is 0. The molecule has 0 aromatic carbocycles. The van der Waals surface area contributed by atoms with Gasteiger partial charge in [-0.15, -0.1) is 6.58 Å². The predicted octanol–water partition coefficient (Wildman–Crippen LogP) is 1.74. The third-order valence-electron chi connectivity index (χ3n) is 1.21. The van der Waals surface area contributed by atoms with Gasteiger partial charge >= 0.3 is 0 Å². The lowest BCUT2D eigenvalue weighted by Gasteiger charge is -2.12. The number of hydrogen-bond donors (Lipinski definition) is 1. The molecule has 0 saturated carbocycles. The largest absolute Gasteiger partial charge is 0.390 e. The molecule has 0 amide bonds. The Morgan fingerprint density at radius 2 is 2.09 bits per heavy atom. The predicted molar refractivity (Wildman–Crippen MR) is 46.5 cm³/mol. The van der Waals surface area contributed by atoms with Crippen molar-refractivity contribution in [2.75, 3.05) is 6.61 Å². The smallest absolute Gasteiger partial charge is 0.0810 e. The average molecular weight is 158 g/mol. The Balaban J connectivity index is 3.37. The third kappa shape index (κ3) is 7.56. The lowest BCUT2D eigenvalue weighted by molar-refractivity contribution is 0.00628. The van der Waals surface area contributed by atoms with E-state index in [9.17, 15) is 5.11 Å². The van der Waals surface area contributed by atoms with Crippen molar-refractivity contribution < 1.29 is 9.84 Å². The van der Waals surface area contributed by atoms with Crippen molar-refractivity contribution >= 4 is 0 Å². The second kappa shape index (κ2) is 5.33. The third-order valence-corrected chi connectivity index (χ3v) is 1.21. The normalized spacial score (nSPS) is 13.5. The molecule has 0 heterocycles. The molecule has 66 valence electrons. The second-order valence-corrected chi connectivity index (χ2v) is 3.20. The highest BCUT2D eigenvalue weighted by Gasteiger charge is 2.04. The van der Waals surface area contributed by atoms with Crippen molar-refractivity contribution in [3.8, 4) is 0 Å². The maximum atomic E-state index is 9.28. The van der Waals surface area contributed by atoms with Crippen LogP contribution in [0.15, 0.2) is 12.2 Å². The number of aliphatic hydroxyl groups is 1. The fraction of sp³-hybridized carbons (Fsp3) is 0.778. The van der Waals surface area contributed by atoms with Crippen LogP contribution in [0.4, 0.5) is 0 Å². The quantitative estimate of drug-likeness (QED) is 0.617. The van der Waals surface area contributed by atoms with Gasteiger partial charge in [-0.1, -0.05) is 5.57 Å². The number of aliphatic hydroxyl groups excluding tert-OH is 1. The summed E-state index contributed by atoms with van der Waals surface area (Å²) < 4.78 is 5.21. The summed E-state index contributed by atoms with van der Waals surface area (Å²) in [7, 11) is 0. The molecule has 1 atom stereocenters. The first-order valence-electron chi connectivity index (χ1n) is 3.96. The number of rotatable bonds is 5. The molecule has 2 heteroatoms. The lowest BCUT2D eigenvalue weighted by atomic mass is 10.1. The van der Waals surface area contributed by atoms with Crippen LogP contribution >= 0.6 is 0 Å². The van der Waals surface area contributed by atoms with Crippen LogP contribution in [0.3, 0.4) is 0 Å². The van der Waals surface area contributed by atoms with Crippen molar-refractivity contribution in [1.29, 1.82) is 0 Å². The van der Waals surface area contributed by atoms with E-state index in [0.29, 0.717) is 13.0 Å². The Morgan fingerprint density at radius 3 is 2.45 bits per heavy atom. The summed E-state index contributed by atoms with van der Waals surface area (Å²) in [5.41, 5.74) is 0.991. The molecule has 11 heavy (non-hydrogen) atoms. The number of hydrogen-bond acceptors (Lipinski definition) is 2. The highest BCUT2D eigenvalue weighted by Crippen LogP contribution is 2.02. The molecule has 0 fully saturated rings. The maximum Gasteiger partial charge on any atom is 0.0810 e. The van der Waals surface area contributed by atoms with E-state index in [1.54, 1.807) is 0 Å². The van der Waals surface area contributed by atoms with E-state index in [1.807, 2.05) is 20.8 Å². The van der Waals surface area contributed by atoms with E-state index >= 15 is 0 Å². The summed E-state index contributed by atoms with van der Waals surface area (Å²) in [5, 5.41) is 9.28. The fourth-order valence-corrected chi connectivity index (χ4v) is 0.765. The van der Waals surface area contributed by atoms with Crippen molar-refractivity contribution in [1.82, 2.24) is 0 Å². The van der Waals surface area contributed by atoms with Crippen LogP contribution in [-0.2, 0) is 4.74 Å². The van der Waals surface area contributed by atoms with Gasteiger partial charge in [0.05, 0.1) is 18.8 Å². The zero-order chi connectivity index (χ0) is 8.85. The van der Waals surface area contributed by atoms with Crippen molar-refractivity contribution in [2.24, 2.45) is 0 Å². The van der Waals surface area contributed by atoms with Gasteiger partial charge in [-0.25, -0.2) is 0 Å². The van der Waals surface area contributed by atoms with Crippen LogP contribution < -0.4 is 0 Å². The van der Waals surface area contributed by atoms with Gasteiger partial charge in [0, 0.05) is 0 Å². The lowest BCUT2D eigenvalue weighted by Crippen LogP contribution is -2.18. The zero-order valence-electron chi connectivity index (χ0n) is 7.63. The van der Waals surface area contributed by atoms with Gasteiger partial charge < -0.3 is 9.84 Å². The first kappa shape index (κ1) is 10.7. The molecule has 0 aromatic rings. The van der Waals surface area contributed by atoms with Crippen LogP contribution in [0.2, 0.25) is 0 Å². The van der Waals surface area contributed by atoms with Crippen molar-refractivity contribution in [3.63, 3.8) is 0 Å². The minimum absolute atomic E-state index is 0.190. The standard InChI is InChI=1S/C9H18O2/c1-7(2)5-9(10)6-11-8(3)4/h8-10H,1,5-6H2,2-4H3. The Morgan fingerprint density at radius 1 is 1.55 bits per heavy atom. The highest BCUT2D eigenvalue weighted by molar-refractivity contribution is 4.90. The van der Waals surface area contributed by atoms with E-state index in [1.165, 1.54) is 0 Å². The van der Waals surface area contributed by atoms with E-state index in [4.69, 9.17) is 4.74 Å². The van der Waals surface area contributed by atoms with Crippen LogP contribution in [0.5, 0.6) is 0 Å². The minimum atomic E-state index is -0.394. The molecule has 1 N–H and O–H groups in total. The van der Waals surface area contributed by atoms with E-state index in [0.717, 1.165) is 5.57 Å². The molecular weight excluding hydrogens is 140 g/mol. The Kier molecular flexibility index (Phi) is 5.16. The van der Waals surface area contributed by atoms with Crippen molar-refractivity contribution in [3.05, 3.63) is 12.2 Å². The van der Waals surface area contributed by atoms with Gasteiger partial charge in [0.15, 0.2) is 0 Å². The van der Waals surface area contributed by atoms with Gasteiger partial charge in [-0.2, -0.15) is 0 Å². The van der Waals surface area contributed by atoms with E-state index < -0.39 is 6.10 Å². The fourth-order valence-electron chi connectivity index (χ4n) is 0.765. The van der Waals surface area contributed by atoms with E-state index in [-0.39, 0.29) is 6.10 Å². The summed E-state index contributed by atoms with van der Waals surface area (Å²) >= 11 is 0. The molecule has 0 spiro atoms.